The lowest BCUT2D eigenvalue weighted by atomic mass is 9.74. The molecule has 1 N–H and O–H groups in total. The molecule has 0 aliphatic heterocycles. The topological polar surface area (TPSA) is 29.5 Å². The third-order valence-corrected chi connectivity index (χ3v) is 3.61. The summed E-state index contributed by atoms with van der Waals surface area (Å²) in [5.41, 5.74) is -1.54. The van der Waals surface area contributed by atoms with Crippen molar-refractivity contribution >= 4 is 0 Å². The summed E-state index contributed by atoms with van der Waals surface area (Å²) in [7, 11) is 1.48. The van der Waals surface area contributed by atoms with Crippen LogP contribution in [0.1, 0.15) is 37.0 Å². The Morgan fingerprint density at radius 1 is 1.19 bits per heavy atom. The Hall–Kier alpha value is -1.23. The van der Waals surface area contributed by atoms with Crippen molar-refractivity contribution in [3.8, 4) is 5.75 Å². The minimum absolute atomic E-state index is 0.545. The molecule has 0 saturated carbocycles. The van der Waals surface area contributed by atoms with E-state index in [-0.39, 0.29) is 0 Å². The lowest BCUT2D eigenvalue weighted by molar-refractivity contribution is -0.247. The minimum Gasteiger partial charge on any atom is -0.496 e. The maximum atomic E-state index is 12.9. The van der Waals surface area contributed by atoms with Crippen LogP contribution in [0.2, 0.25) is 0 Å². The van der Waals surface area contributed by atoms with Crippen LogP contribution in [0.4, 0.5) is 13.2 Å². The van der Waals surface area contributed by atoms with E-state index in [0.29, 0.717) is 11.3 Å². The highest BCUT2D eigenvalue weighted by atomic mass is 19.4. The Kier molecular flexibility index (Phi) is 4.68. The first-order valence-corrected chi connectivity index (χ1v) is 6.62. The van der Waals surface area contributed by atoms with Gasteiger partial charge >= 0.3 is 6.18 Å². The highest BCUT2D eigenvalue weighted by Gasteiger charge is 2.52. The molecule has 0 saturated heterocycles. The Morgan fingerprint density at radius 3 is 2.14 bits per heavy atom. The van der Waals surface area contributed by atoms with Gasteiger partial charge in [0.05, 0.1) is 7.11 Å². The van der Waals surface area contributed by atoms with Crippen LogP contribution in [0.5, 0.6) is 5.75 Å². The first-order chi connectivity index (χ1) is 9.32. The second-order valence-corrected chi connectivity index (χ2v) is 6.25. The van der Waals surface area contributed by atoms with Gasteiger partial charge in [-0.05, 0) is 38.2 Å². The van der Waals surface area contributed by atoms with E-state index >= 15 is 0 Å². The number of hydrogen-bond donors (Lipinski definition) is 1. The summed E-state index contributed by atoms with van der Waals surface area (Å²) in [6.07, 6.45) is -5.33. The van der Waals surface area contributed by atoms with Gasteiger partial charge in [-0.25, -0.2) is 0 Å². The molecule has 0 amide bonds. The van der Waals surface area contributed by atoms with E-state index in [0.717, 1.165) is 11.1 Å². The summed E-state index contributed by atoms with van der Waals surface area (Å²) >= 11 is 0. The predicted molar refractivity (Wildman–Crippen MR) is 76.5 cm³/mol. The number of benzene rings is 1. The molecule has 0 heterocycles. The van der Waals surface area contributed by atoms with Crippen LogP contribution in [0, 0.1) is 20.8 Å². The zero-order valence-corrected chi connectivity index (χ0v) is 13.1. The van der Waals surface area contributed by atoms with Crippen molar-refractivity contribution in [3.05, 3.63) is 35.7 Å². The second kappa shape index (κ2) is 5.52. The van der Waals surface area contributed by atoms with E-state index in [1.807, 2.05) is 19.9 Å². The third kappa shape index (κ3) is 3.70. The molecule has 0 aliphatic carbocycles. The number of halogens is 3. The molecular weight excluding hydrogens is 281 g/mol. The SMILES string of the molecule is [CH2]C(O)(CC(C)(C)c1cc(C)cc(C)c1OC)C(F)(F)F. The highest BCUT2D eigenvalue weighted by molar-refractivity contribution is 5.47. The highest BCUT2D eigenvalue weighted by Crippen LogP contribution is 2.44. The van der Waals surface area contributed by atoms with Crippen LogP contribution in [0.3, 0.4) is 0 Å². The minimum atomic E-state index is -4.78. The third-order valence-electron chi connectivity index (χ3n) is 3.61. The lowest BCUT2D eigenvalue weighted by Crippen LogP contribution is -2.46. The zero-order chi connectivity index (χ0) is 16.6. The van der Waals surface area contributed by atoms with E-state index in [1.54, 1.807) is 19.9 Å². The number of alkyl halides is 3. The summed E-state index contributed by atoms with van der Waals surface area (Å²) in [6, 6.07) is 3.69. The summed E-state index contributed by atoms with van der Waals surface area (Å²) in [5, 5.41) is 9.67. The molecule has 1 atom stereocenters. The standard InChI is InChI=1S/C16H22F3O2/c1-10-7-11(2)13(21-6)12(8-10)14(3,4)9-15(5,20)16(17,18)19/h7-8,20H,5,9H2,1-4,6H3. The van der Waals surface area contributed by atoms with Crippen LogP contribution in [-0.2, 0) is 5.41 Å². The van der Waals surface area contributed by atoms with Crippen molar-refractivity contribution in [2.75, 3.05) is 7.11 Å². The quantitative estimate of drug-likeness (QED) is 0.907. The van der Waals surface area contributed by atoms with Gasteiger partial charge in [-0.15, -0.1) is 0 Å². The summed E-state index contributed by atoms with van der Waals surface area (Å²) in [5.74, 6) is 0.545. The molecule has 0 bridgehead atoms. The molecule has 1 unspecified atom stereocenters. The van der Waals surface area contributed by atoms with Gasteiger partial charge in [0.15, 0.2) is 5.60 Å². The number of rotatable bonds is 4. The fourth-order valence-corrected chi connectivity index (χ4v) is 2.65. The molecule has 1 aromatic rings. The van der Waals surface area contributed by atoms with Crippen molar-refractivity contribution in [2.24, 2.45) is 0 Å². The van der Waals surface area contributed by atoms with Crippen LogP contribution < -0.4 is 4.74 Å². The number of ether oxygens (including phenoxy) is 1. The molecule has 0 aliphatic rings. The van der Waals surface area contributed by atoms with E-state index in [9.17, 15) is 18.3 Å². The monoisotopic (exact) mass is 303 g/mol. The van der Waals surface area contributed by atoms with Gasteiger partial charge in [0.1, 0.15) is 5.75 Å². The summed E-state index contributed by atoms with van der Waals surface area (Å²) < 4.78 is 44.0. The maximum absolute atomic E-state index is 12.9. The van der Waals surface area contributed by atoms with Crippen LogP contribution >= 0.6 is 0 Å². The lowest BCUT2D eigenvalue weighted by Gasteiger charge is -2.36. The molecule has 0 fully saturated rings. The predicted octanol–water partition coefficient (Wildman–Crippen LogP) is 4.11. The number of aliphatic hydroxyl groups is 1. The number of methoxy groups -OCH3 is 1. The van der Waals surface area contributed by atoms with Crippen LogP contribution in [-0.4, -0.2) is 24.0 Å². The second-order valence-electron chi connectivity index (χ2n) is 6.25. The largest absolute Gasteiger partial charge is 0.496 e. The number of aryl methyl sites for hydroxylation is 2. The molecule has 1 rings (SSSR count). The van der Waals surface area contributed by atoms with Crippen LogP contribution in [0.25, 0.3) is 0 Å². The molecular formula is C16H22F3O2. The van der Waals surface area contributed by atoms with Gasteiger partial charge in [0.2, 0.25) is 0 Å². The fourth-order valence-electron chi connectivity index (χ4n) is 2.65. The van der Waals surface area contributed by atoms with Gasteiger partial charge < -0.3 is 9.84 Å². The van der Waals surface area contributed by atoms with Crippen molar-refractivity contribution in [3.63, 3.8) is 0 Å². The van der Waals surface area contributed by atoms with E-state index in [1.165, 1.54) is 7.11 Å². The average Bonchev–Trinajstić information content (AvgIpc) is 2.24. The van der Waals surface area contributed by atoms with Gasteiger partial charge in [0, 0.05) is 5.56 Å². The molecule has 119 valence electrons. The van der Waals surface area contributed by atoms with Gasteiger partial charge in [-0.1, -0.05) is 31.5 Å². The summed E-state index contributed by atoms with van der Waals surface area (Å²) in [4.78, 5) is 0. The van der Waals surface area contributed by atoms with Crippen molar-refractivity contribution in [1.82, 2.24) is 0 Å². The van der Waals surface area contributed by atoms with Crippen molar-refractivity contribution < 1.29 is 23.0 Å². The molecule has 5 heteroatoms. The normalized spacial score (nSPS) is 15.7. The molecule has 1 radical (unpaired) electrons. The Bertz CT molecular complexity index is 517. The number of hydrogen-bond acceptors (Lipinski definition) is 2. The fraction of sp³-hybridized carbons (Fsp3) is 0.562. The van der Waals surface area contributed by atoms with Crippen molar-refractivity contribution in [2.45, 2.75) is 51.3 Å². The molecule has 1 aromatic carbocycles. The first-order valence-electron chi connectivity index (χ1n) is 6.62. The average molecular weight is 303 g/mol. The van der Waals surface area contributed by atoms with Gasteiger partial charge in [-0.3, -0.25) is 0 Å². The molecule has 0 aromatic heterocycles. The molecule has 0 spiro atoms. The van der Waals surface area contributed by atoms with Crippen LogP contribution in [0.15, 0.2) is 12.1 Å². The zero-order valence-electron chi connectivity index (χ0n) is 13.1. The van der Waals surface area contributed by atoms with Crippen molar-refractivity contribution in [1.29, 1.82) is 0 Å². The first kappa shape index (κ1) is 17.8. The van der Waals surface area contributed by atoms with E-state index in [4.69, 9.17) is 4.74 Å². The van der Waals surface area contributed by atoms with E-state index in [2.05, 4.69) is 6.92 Å². The van der Waals surface area contributed by atoms with Gasteiger partial charge in [-0.2, -0.15) is 13.2 Å². The van der Waals surface area contributed by atoms with E-state index < -0.39 is 23.6 Å². The summed E-state index contributed by atoms with van der Waals surface area (Å²) in [6.45, 7) is 9.94. The Balaban J connectivity index is 3.32. The Morgan fingerprint density at radius 2 is 1.71 bits per heavy atom. The Labute approximate surface area is 123 Å². The maximum Gasteiger partial charge on any atom is 0.417 e. The molecule has 21 heavy (non-hydrogen) atoms. The van der Waals surface area contributed by atoms with Gasteiger partial charge in [0.25, 0.3) is 0 Å². The smallest absolute Gasteiger partial charge is 0.417 e. The molecule has 2 nitrogen and oxygen atoms in total.